The molecule has 0 aromatic carbocycles. The first-order chi connectivity index (χ1) is 5.16. The largest absolute Gasteiger partial charge is 0.375 e. The zero-order valence-corrected chi connectivity index (χ0v) is 7.60. The molecule has 0 spiro atoms. The summed E-state index contributed by atoms with van der Waals surface area (Å²) in [5.74, 6) is 0. The minimum Gasteiger partial charge on any atom is -0.375 e. The summed E-state index contributed by atoms with van der Waals surface area (Å²) in [6.45, 7) is 5.21. The van der Waals surface area contributed by atoms with E-state index in [-0.39, 0.29) is 5.60 Å². The van der Waals surface area contributed by atoms with Crippen LogP contribution in [0.1, 0.15) is 39.5 Å². The van der Waals surface area contributed by atoms with Crippen LogP contribution in [0.4, 0.5) is 0 Å². The van der Waals surface area contributed by atoms with Gasteiger partial charge in [-0.25, -0.2) is 0 Å². The summed E-state index contributed by atoms with van der Waals surface area (Å²) in [6, 6.07) is 0.361. The van der Waals surface area contributed by atoms with Crippen LogP contribution >= 0.6 is 0 Å². The van der Waals surface area contributed by atoms with Gasteiger partial charge < -0.3 is 10.5 Å². The first kappa shape index (κ1) is 9.01. The second-order valence-electron chi connectivity index (χ2n) is 3.80. The molecule has 0 radical (unpaired) electrons. The van der Waals surface area contributed by atoms with E-state index in [1.165, 1.54) is 6.42 Å². The molecule has 0 aromatic rings. The lowest BCUT2D eigenvalue weighted by molar-refractivity contribution is -0.0765. The summed E-state index contributed by atoms with van der Waals surface area (Å²) >= 11 is 0. The van der Waals surface area contributed by atoms with Gasteiger partial charge in [0, 0.05) is 12.6 Å². The van der Waals surface area contributed by atoms with E-state index in [9.17, 15) is 0 Å². The van der Waals surface area contributed by atoms with Crippen LogP contribution in [0, 0.1) is 0 Å². The fourth-order valence-corrected chi connectivity index (χ4v) is 1.88. The van der Waals surface area contributed by atoms with Gasteiger partial charge in [-0.15, -0.1) is 0 Å². The second kappa shape index (κ2) is 3.55. The van der Waals surface area contributed by atoms with Gasteiger partial charge in [0.25, 0.3) is 0 Å². The van der Waals surface area contributed by atoms with Gasteiger partial charge in [0.05, 0.1) is 5.60 Å². The van der Waals surface area contributed by atoms with Crippen LogP contribution in [0.15, 0.2) is 0 Å². The lowest BCUT2D eigenvalue weighted by Gasteiger charge is -2.36. The average molecular weight is 157 g/mol. The van der Waals surface area contributed by atoms with Crippen LogP contribution in [-0.2, 0) is 4.74 Å². The van der Waals surface area contributed by atoms with Crippen molar-refractivity contribution in [3.8, 4) is 0 Å². The highest BCUT2D eigenvalue weighted by atomic mass is 16.5. The third-order valence-electron chi connectivity index (χ3n) is 2.41. The Bertz CT molecular complexity index is 123. The van der Waals surface area contributed by atoms with E-state index in [4.69, 9.17) is 10.5 Å². The van der Waals surface area contributed by atoms with Crippen molar-refractivity contribution >= 4 is 0 Å². The molecule has 0 aromatic heterocycles. The zero-order chi connectivity index (χ0) is 8.32. The van der Waals surface area contributed by atoms with Crippen molar-refractivity contribution in [1.82, 2.24) is 0 Å². The van der Waals surface area contributed by atoms with Gasteiger partial charge >= 0.3 is 0 Å². The van der Waals surface area contributed by atoms with Crippen molar-refractivity contribution in [3.05, 3.63) is 0 Å². The molecule has 2 N–H and O–H groups in total. The first-order valence-corrected chi connectivity index (χ1v) is 4.56. The summed E-state index contributed by atoms with van der Waals surface area (Å²) in [5.41, 5.74) is 5.94. The van der Waals surface area contributed by atoms with E-state index in [0.29, 0.717) is 6.04 Å². The van der Waals surface area contributed by atoms with Gasteiger partial charge in [-0.1, -0.05) is 13.3 Å². The second-order valence-corrected chi connectivity index (χ2v) is 3.80. The highest BCUT2D eigenvalue weighted by molar-refractivity contribution is 4.84. The topological polar surface area (TPSA) is 35.2 Å². The van der Waals surface area contributed by atoms with Crippen molar-refractivity contribution in [2.45, 2.75) is 51.2 Å². The Morgan fingerprint density at radius 3 is 2.91 bits per heavy atom. The molecule has 1 heterocycles. The lowest BCUT2D eigenvalue weighted by Crippen LogP contribution is -2.42. The van der Waals surface area contributed by atoms with Crippen LogP contribution in [0.5, 0.6) is 0 Å². The molecule has 1 aliphatic rings. The van der Waals surface area contributed by atoms with Crippen molar-refractivity contribution in [3.63, 3.8) is 0 Å². The fourth-order valence-electron chi connectivity index (χ4n) is 1.88. The van der Waals surface area contributed by atoms with Gasteiger partial charge in [0.15, 0.2) is 0 Å². The summed E-state index contributed by atoms with van der Waals surface area (Å²) in [5, 5.41) is 0. The Hall–Kier alpha value is -0.0800. The van der Waals surface area contributed by atoms with Crippen LogP contribution in [0.3, 0.4) is 0 Å². The van der Waals surface area contributed by atoms with Crippen LogP contribution in [0.2, 0.25) is 0 Å². The Morgan fingerprint density at radius 2 is 2.36 bits per heavy atom. The number of hydrogen-bond donors (Lipinski definition) is 1. The Kier molecular flexibility index (Phi) is 2.90. The highest BCUT2D eigenvalue weighted by Gasteiger charge is 2.30. The quantitative estimate of drug-likeness (QED) is 0.662. The molecule has 0 amide bonds. The third-order valence-corrected chi connectivity index (χ3v) is 2.41. The SMILES string of the molecule is CCCC1(C)CC(N)CCO1. The smallest absolute Gasteiger partial charge is 0.0669 e. The van der Waals surface area contributed by atoms with Gasteiger partial charge in [-0.2, -0.15) is 0 Å². The molecule has 1 saturated heterocycles. The van der Waals surface area contributed by atoms with Gasteiger partial charge in [-0.3, -0.25) is 0 Å². The van der Waals surface area contributed by atoms with E-state index in [0.717, 1.165) is 25.9 Å². The van der Waals surface area contributed by atoms with E-state index in [2.05, 4.69) is 13.8 Å². The molecule has 2 nitrogen and oxygen atoms in total. The third kappa shape index (κ3) is 2.46. The minimum absolute atomic E-state index is 0.0758. The van der Waals surface area contributed by atoms with Crippen LogP contribution < -0.4 is 5.73 Å². The molecule has 66 valence electrons. The molecule has 2 atom stereocenters. The molecule has 0 saturated carbocycles. The van der Waals surface area contributed by atoms with Crippen LogP contribution in [0.25, 0.3) is 0 Å². The lowest BCUT2D eigenvalue weighted by atomic mass is 9.89. The Balaban J connectivity index is 2.41. The molecular formula is C9H19NO. The van der Waals surface area contributed by atoms with Crippen molar-refractivity contribution in [2.24, 2.45) is 5.73 Å². The van der Waals surface area contributed by atoms with E-state index in [1.54, 1.807) is 0 Å². The predicted molar refractivity (Wildman–Crippen MR) is 46.5 cm³/mol. The number of hydrogen-bond acceptors (Lipinski definition) is 2. The van der Waals surface area contributed by atoms with Gasteiger partial charge in [-0.05, 0) is 26.2 Å². The summed E-state index contributed by atoms with van der Waals surface area (Å²) < 4.78 is 5.70. The number of nitrogens with two attached hydrogens (primary N) is 1. The van der Waals surface area contributed by atoms with E-state index >= 15 is 0 Å². The molecule has 0 aliphatic carbocycles. The molecule has 11 heavy (non-hydrogen) atoms. The minimum atomic E-state index is 0.0758. The molecule has 0 bridgehead atoms. The van der Waals surface area contributed by atoms with Crippen LogP contribution in [-0.4, -0.2) is 18.2 Å². The van der Waals surface area contributed by atoms with Gasteiger partial charge in [0.1, 0.15) is 0 Å². The van der Waals surface area contributed by atoms with E-state index in [1.807, 2.05) is 0 Å². The maximum Gasteiger partial charge on any atom is 0.0669 e. The molecular weight excluding hydrogens is 138 g/mol. The Labute approximate surface area is 69.1 Å². The number of rotatable bonds is 2. The van der Waals surface area contributed by atoms with E-state index < -0.39 is 0 Å². The predicted octanol–water partition coefficient (Wildman–Crippen LogP) is 1.68. The van der Waals surface area contributed by atoms with Crippen molar-refractivity contribution in [2.75, 3.05) is 6.61 Å². The fraction of sp³-hybridized carbons (Fsp3) is 1.00. The first-order valence-electron chi connectivity index (χ1n) is 4.56. The molecule has 1 fully saturated rings. The zero-order valence-electron chi connectivity index (χ0n) is 7.60. The monoisotopic (exact) mass is 157 g/mol. The molecule has 2 unspecified atom stereocenters. The van der Waals surface area contributed by atoms with Crippen molar-refractivity contribution < 1.29 is 4.74 Å². The maximum atomic E-state index is 5.86. The standard InChI is InChI=1S/C9H19NO/c1-3-5-9(2)7-8(10)4-6-11-9/h8H,3-7,10H2,1-2H3. The summed E-state index contributed by atoms with van der Waals surface area (Å²) in [7, 11) is 0. The highest BCUT2D eigenvalue weighted by Crippen LogP contribution is 2.27. The molecule has 1 aliphatic heterocycles. The van der Waals surface area contributed by atoms with Gasteiger partial charge in [0.2, 0.25) is 0 Å². The molecule has 1 rings (SSSR count). The normalized spacial score (nSPS) is 39.0. The summed E-state index contributed by atoms with van der Waals surface area (Å²) in [6.07, 6.45) is 4.38. The Morgan fingerprint density at radius 1 is 1.64 bits per heavy atom. The van der Waals surface area contributed by atoms with Crippen molar-refractivity contribution in [1.29, 1.82) is 0 Å². The molecule has 2 heteroatoms. The summed E-state index contributed by atoms with van der Waals surface area (Å²) in [4.78, 5) is 0. The average Bonchev–Trinajstić information content (AvgIpc) is 1.86. The maximum absolute atomic E-state index is 5.86. The number of ether oxygens (including phenoxy) is 1.